The van der Waals surface area contributed by atoms with Gasteiger partial charge in [0.25, 0.3) is 0 Å². The minimum atomic E-state index is -0.201. The molecule has 0 amide bonds. The number of nitrogens with one attached hydrogen (secondary N) is 1. The number of ether oxygens (including phenoxy) is 1. The van der Waals surface area contributed by atoms with Crippen LogP contribution in [-0.4, -0.2) is 42.8 Å². The van der Waals surface area contributed by atoms with Gasteiger partial charge in [0.2, 0.25) is 0 Å². The highest BCUT2D eigenvalue weighted by molar-refractivity contribution is 5.19. The number of hydrazine groups is 1. The first-order valence-electron chi connectivity index (χ1n) is 7.63. The summed E-state index contributed by atoms with van der Waals surface area (Å²) in [7, 11) is 0. The van der Waals surface area contributed by atoms with Crippen molar-refractivity contribution in [2.45, 2.75) is 38.3 Å². The summed E-state index contributed by atoms with van der Waals surface area (Å²) in [6.07, 6.45) is 1.67. The average molecular weight is 295 g/mol. The number of hydrogen-bond donors (Lipinski definition) is 2. The van der Waals surface area contributed by atoms with Gasteiger partial charge in [0, 0.05) is 24.7 Å². The second kappa shape index (κ2) is 7.31. The van der Waals surface area contributed by atoms with Gasteiger partial charge in [0.15, 0.2) is 0 Å². The monoisotopic (exact) mass is 295 g/mol. The number of rotatable bonds is 6. The van der Waals surface area contributed by atoms with E-state index in [2.05, 4.69) is 24.2 Å². The summed E-state index contributed by atoms with van der Waals surface area (Å²) >= 11 is 0. The molecule has 0 aliphatic carbocycles. The number of morpholine rings is 1. The summed E-state index contributed by atoms with van der Waals surface area (Å²) in [6.45, 7) is 7.73. The van der Waals surface area contributed by atoms with Crippen molar-refractivity contribution < 1.29 is 9.13 Å². The van der Waals surface area contributed by atoms with E-state index in [1.165, 1.54) is 6.07 Å². The SMILES string of the molecule is CCC(C)(C(Cc1cccc(F)c1)NN)N1CCOCC1. The fourth-order valence-corrected chi connectivity index (χ4v) is 3.12. The molecule has 118 valence electrons. The van der Waals surface area contributed by atoms with Crippen molar-refractivity contribution in [3.05, 3.63) is 35.6 Å². The van der Waals surface area contributed by atoms with E-state index >= 15 is 0 Å². The molecule has 2 atom stereocenters. The molecule has 21 heavy (non-hydrogen) atoms. The second-order valence-corrected chi connectivity index (χ2v) is 5.86. The van der Waals surface area contributed by atoms with E-state index in [9.17, 15) is 4.39 Å². The van der Waals surface area contributed by atoms with Crippen molar-refractivity contribution in [3.8, 4) is 0 Å². The Morgan fingerprint density at radius 3 is 2.71 bits per heavy atom. The van der Waals surface area contributed by atoms with Crippen molar-refractivity contribution >= 4 is 0 Å². The molecule has 1 aliphatic rings. The van der Waals surface area contributed by atoms with Crippen LogP contribution < -0.4 is 11.3 Å². The molecule has 1 heterocycles. The Kier molecular flexibility index (Phi) is 5.70. The van der Waals surface area contributed by atoms with E-state index < -0.39 is 0 Å². The Morgan fingerprint density at radius 2 is 2.14 bits per heavy atom. The van der Waals surface area contributed by atoms with Gasteiger partial charge < -0.3 is 4.74 Å². The normalized spacial score (nSPS) is 21.0. The Bertz CT molecular complexity index is 451. The smallest absolute Gasteiger partial charge is 0.123 e. The van der Waals surface area contributed by atoms with E-state index in [0.717, 1.165) is 38.3 Å². The van der Waals surface area contributed by atoms with Crippen molar-refractivity contribution in [1.29, 1.82) is 0 Å². The zero-order valence-corrected chi connectivity index (χ0v) is 12.9. The molecule has 0 spiro atoms. The van der Waals surface area contributed by atoms with E-state index in [4.69, 9.17) is 10.6 Å². The molecule has 0 bridgehead atoms. The Morgan fingerprint density at radius 1 is 1.43 bits per heavy atom. The van der Waals surface area contributed by atoms with Gasteiger partial charge in [-0.15, -0.1) is 0 Å². The molecule has 5 heteroatoms. The first kappa shape index (κ1) is 16.4. The van der Waals surface area contributed by atoms with Crippen LogP contribution in [0.2, 0.25) is 0 Å². The highest BCUT2D eigenvalue weighted by Gasteiger charge is 2.38. The molecule has 1 saturated heterocycles. The van der Waals surface area contributed by atoms with Crippen LogP contribution in [0, 0.1) is 5.82 Å². The fourth-order valence-electron chi connectivity index (χ4n) is 3.12. The van der Waals surface area contributed by atoms with Gasteiger partial charge in [-0.3, -0.25) is 16.2 Å². The zero-order chi connectivity index (χ0) is 15.3. The predicted molar refractivity (Wildman–Crippen MR) is 82.3 cm³/mol. The molecule has 1 aromatic rings. The average Bonchev–Trinajstić information content (AvgIpc) is 2.53. The summed E-state index contributed by atoms with van der Waals surface area (Å²) in [5.74, 6) is 5.62. The van der Waals surface area contributed by atoms with Gasteiger partial charge in [-0.05, 0) is 37.5 Å². The summed E-state index contributed by atoms with van der Waals surface area (Å²) < 4.78 is 18.8. The molecule has 0 aromatic heterocycles. The molecule has 0 saturated carbocycles. The highest BCUT2D eigenvalue weighted by atomic mass is 19.1. The van der Waals surface area contributed by atoms with E-state index in [0.29, 0.717) is 6.42 Å². The van der Waals surface area contributed by atoms with Gasteiger partial charge in [-0.1, -0.05) is 19.1 Å². The number of benzene rings is 1. The first-order valence-corrected chi connectivity index (χ1v) is 7.63. The standard InChI is InChI=1S/C16H26FN3O/c1-3-16(2,20-7-9-21-10-8-20)15(19-18)12-13-5-4-6-14(17)11-13/h4-6,11,15,19H,3,7-10,12,18H2,1-2H3. The fraction of sp³-hybridized carbons (Fsp3) is 0.625. The molecule has 1 aromatic carbocycles. The lowest BCUT2D eigenvalue weighted by atomic mass is 9.83. The van der Waals surface area contributed by atoms with Crippen molar-refractivity contribution in [2.24, 2.45) is 5.84 Å². The van der Waals surface area contributed by atoms with Crippen LogP contribution >= 0.6 is 0 Å². The topological polar surface area (TPSA) is 50.5 Å². The van der Waals surface area contributed by atoms with Crippen molar-refractivity contribution in [1.82, 2.24) is 10.3 Å². The van der Waals surface area contributed by atoms with E-state index in [1.807, 2.05) is 6.07 Å². The first-order chi connectivity index (χ1) is 10.1. The minimum absolute atomic E-state index is 0.0578. The maximum atomic E-state index is 13.4. The highest BCUT2D eigenvalue weighted by Crippen LogP contribution is 2.27. The summed E-state index contributed by atoms with van der Waals surface area (Å²) in [5, 5.41) is 0. The zero-order valence-electron chi connectivity index (χ0n) is 12.9. The molecule has 2 unspecified atom stereocenters. The predicted octanol–water partition coefficient (Wildman–Crippen LogP) is 1.70. The molecular weight excluding hydrogens is 269 g/mol. The quantitative estimate of drug-likeness (QED) is 0.619. The number of hydrogen-bond acceptors (Lipinski definition) is 4. The lowest BCUT2D eigenvalue weighted by molar-refractivity contribution is -0.0322. The van der Waals surface area contributed by atoms with E-state index in [1.54, 1.807) is 12.1 Å². The van der Waals surface area contributed by atoms with Gasteiger partial charge >= 0.3 is 0 Å². The van der Waals surface area contributed by atoms with Crippen LogP contribution in [0.1, 0.15) is 25.8 Å². The van der Waals surface area contributed by atoms with Crippen molar-refractivity contribution in [2.75, 3.05) is 26.3 Å². The maximum absolute atomic E-state index is 13.4. The summed E-state index contributed by atoms with van der Waals surface area (Å²) in [4.78, 5) is 2.43. The van der Waals surface area contributed by atoms with Crippen LogP contribution in [0.3, 0.4) is 0 Å². The van der Waals surface area contributed by atoms with Gasteiger partial charge in [-0.2, -0.15) is 0 Å². The van der Waals surface area contributed by atoms with E-state index in [-0.39, 0.29) is 17.4 Å². The van der Waals surface area contributed by atoms with Crippen LogP contribution in [0.25, 0.3) is 0 Å². The molecule has 1 fully saturated rings. The van der Waals surface area contributed by atoms with Crippen LogP contribution in [0.15, 0.2) is 24.3 Å². The third-order valence-corrected chi connectivity index (χ3v) is 4.73. The van der Waals surface area contributed by atoms with Crippen LogP contribution in [-0.2, 0) is 11.2 Å². The van der Waals surface area contributed by atoms with Gasteiger partial charge in [-0.25, -0.2) is 4.39 Å². The number of nitrogens with zero attached hydrogens (tertiary/aromatic N) is 1. The molecule has 1 aliphatic heterocycles. The van der Waals surface area contributed by atoms with Crippen LogP contribution in [0.5, 0.6) is 0 Å². The lowest BCUT2D eigenvalue weighted by Gasteiger charge is -2.47. The Hall–Kier alpha value is -1.01. The largest absolute Gasteiger partial charge is 0.379 e. The third-order valence-electron chi connectivity index (χ3n) is 4.73. The summed E-state index contributed by atoms with van der Waals surface area (Å²) in [6, 6.07) is 6.80. The Balaban J connectivity index is 2.16. The molecule has 2 rings (SSSR count). The second-order valence-electron chi connectivity index (χ2n) is 5.86. The summed E-state index contributed by atoms with van der Waals surface area (Å²) in [5.41, 5.74) is 3.84. The minimum Gasteiger partial charge on any atom is -0.379 e. The van der Waals surface area contributed by atoms with Gasteiger partial charge in [0.05, 0.1) is 13.2 Å². The molecular formula is C16H26FN3O. The Labute approximate surface area is 126 Å². The third kappa shape index (κ3) is 3.80. The lowest BCUT2D eigenvalue weighted by Crippen LogP contribution is -2.63. The molecule has 3 N–H and O–H groups in total. The van der Waals surface area contributed by atoms with Crippen LogP contribution in [0.4, 0.5) is 4.39 Å². The van der Waals surface area contributed by atoms with Crippen molar-refractivity contribution in [3.63, 3.8) is 0 Å². The number of nitrogens with two attached hydrogens (primary N) is 1. The molecule has 0 radical (unpaired) electrons. The maximum Gasteiger partial charge on any atom is 0.123 e. The molecule has 4 nitrogen and oxygen atoms in total. The van der Waals surface area contributed by atoms with Gasteiger partial charge in [0.1, 0.15) is 5.82 Å². The number of halogens is 1.